The molecule has 1 saturated carbocycles. The maximum absolute atomic E-state index is 14.0. The van der Waals surface area contributed by atoms with Crippen molar-refractivity contribution in [3.63, 3.8) is 0 Å². The summed E-state index contributed by atoms with van der Waals surface area (Å²) in [5.74, 6) is -0.463. The van der Waals surface area contributed by atoms with Crippen LogP contribution < -0.4 is 21.8 Å². The van der Waals surface area contributed by atoms with Crippen LogP contribution in [0.1, 0.15) is 24.1 Å². The molecule has 1 aliphatic rings. The Labute approximate surface area is 178 Å². The van der Waals surface area contributed by atoms with Gasteiger partial charge in [-0.05, 0) is 37.1 Å². The van der Waals surface area contributed by atoms with Gasteiger partial charge in [-0.25, -0.2) is 14.2 Å². The van der Waals surface area contributed by atoms with Gasteiger partial charge in [0.25, 0.3) is 5.62 Å². The molecule has 0 spiro atoms. The minimum absolute atomic E-state index is 0.116. The van der Waals surface area contributed by atoms with Crippen molar-refractivity contribution >= 4 is 29.3 Å². The summed E-state index contributed by atoms with van der Waals surface area (Å²) in [5, 5.41) is 18.1. The number of aromatic nitrogens is 6. The van der Waals surface area contributed by atoms with Crippen molar-refractivity contribution in [2.75, 3.05) is 5.32 Å². The molecule has 3 aromatic heterocycles. The summed E-state index contributed by atoms with van der Waals surface area (Å²) in [7, 11) is 0. The van der Waals surface area contributed by atoms with Crippen LogP contribution in [0.15, 0.2) is 34.2 Å². The second-order valence-electron chi connectivity index (χ2n) is 7.12. The highest BCUT2D eigenvalue weighted by atomic mass is 35.5. The van der Waals surface area contributed by atoms with Crippen LogP contribution in [0.25, 0.3) is 11.7 Å². The molecule has 1 aromatic carbocycles. The molecule has 4 aromatic rings. The first-order valence-electron chi connectivity index (χ1n) is 9.47. The van der Waals surface area contributed by atoms with E-state index < -0.39 is 11.5 Å². The number of halogens is 2. The summed E-state index contributed by atoms with van der Waals surface area (Å²) in [6, 6.07) is 4.48. The Hall–Kier alpha value is -3.73. The van der Waals surface area contributed by atoms with Gasteiger partial charge in [0, 0.05) is 22.3 Å². The fourth-order valence-electron chi connectivity index (χ4n) is 3.01. The third-order valence-corrected chi connectivity index (χ3v) is 4.94. The summed E-state index contributed by atoms with van der Waals surface area (Å²) in [6.45, 7) is 0.116. The van der Waals surface area contributed by atoms with Crippen LogP contribution in [-0.2, 0) is 6.54 Å². The molecule has 158 valence electrons. The van der Waals surface area contributed by atoms with E-state index in [0.717, 1.165) is 12.8 Å². The number of aromatic amines is 2. The number of nitrogens with one attached hydrogen (secondary N) is 3. The second kappa shape index (κ2) is 7.51. The minimum atomic E-state index is -0.537. The van der Waals surface area contributed by atoms with E-state index in [-0.39, 0.29) is 30.1 Å². The van der Waals surface area contributed by atoms with E-state index in [0.29, 0.717) is 27.1 Å². The average molecular weight is 443 g/mol. The highest BCUT2D eigenvalue weighted by Crippen LogP contribution is 2.22. The number of benzene rings is 1. The highest BCUT2D eigenvalue weighted by Gasteiger charge is 2.21. The lowest BCUT2D eigenvalue weighted by atomic mass is 10.2. The van der Waals surface area contributed by atoms with E-state index in [2.05, 4.69) is 35.3 Å². The normalized spacial score (nSPS) is 15.2. The Morgan fingerprint density at radius 2 is 2.19 bits per heavy atom. The third-order valence-electron chi connectivity index (χ3n) is 4.70. The SMILES string of the molecule is O=c1[nH]c(O)c(C=c2cnn3c(=NC4CC4)nc(NCc4cc(Cl)ccc4F)nc23)[nH]1. The van der Waals surface area contributed by atoms with Gasteiger partial charge >= 0.3 is 5.69 Å². The van der Waals surface area contributed by atoms with Crippen molar-refractivity contribution in [2.45, 2.75) is 25.4 Å². The van der Waals surface area contributed by atoms with Gasteiger partial charge in [-0.1, -0.05) is 11.6 Å². The zero-order valence-corrected chi connectivity index (χ0v) is 16.7. The van der Waals surface area contributed by atoms with Crippen LogP contribution in [-0.4, -0.2) is 40.7 Å². The lowest BCUT2D eigenvalue weighted by Gasteiger charge is -2.07. The lowest BCUT2D eigenvalue weighted by molar-refractivity contribution is 0.454. The quantitative estimate of drug-likeness (QED) is 0.362. The molecule has 31 heavy (non-hydrogen) atoms. The standard InChI is InChI=1S/C19H16ClFN8O2/c20-11-1-4-13(21)9(5-11)7-22-17-26-15-10(6-14-16(30)27-19(31)25-14)8-23-29(15)18(28-17)24-12-2-3-12/h1,4-6,8,12,30H,2-3,7H2,(H,22,24,28)(H2,25,27,31). The number of rotatable bonds is 5. The van der Waals surface area contributed by atoms with Crippen LogP contribution in [0.2, 0.25) is 5.02 Å². The van der Waals surface area contributed by atoms with E-state index in [9.17, 15) is 14.3 Å². The second-order valence-corrected chi connectivity index (χ2v) is 7.55. The number of anilines is 1. The van der Waals surface area contributed by atoms with Gasteiger partial charge < -0.3 is 15.4 Å². The molecule has 0 atom stereocenters. The van der Waals surface area contributed by atoms with Crippen molar-refractivity contribution in [3.05, 3.63) is 67.8 Å². The van der Waals surface area contributed by atoms with Gasteiger partial charge in [-0.15, -0.1) is 0 Å². The molecule has 1 aliphatic carbocycles. The molecular formula is C19H16ClFN8O2. The van der Waals surface area contributed by atoms with Crippen molar-refractivity contribution in [1.82, 2.24) is 29.5 Å². The largest absolute Gasteiger partial charge is 0.493 e. The van der Waals surface area contributed by atoms with Crippen molar-refractivity contribution in [3.8, 4) is 5.88 Å². The Morgan fingerprint density at radius 1 is 1.35 bits per heavy atom. The van der Waals surface area contributed by atoms with Crippen LogP contribution >= 0.6 is 11.6 Å². The number of fused-ring (bicyclic) bond motifs is 1. The number of nitrogens with zero attached hydrogens (tertiary/aromatic N) is 5. The Kier molecular flexibility index (Phi) is 4.66. The first-order valence-corrected chi connectivity index (χ1v) is 9.84. The van der Waals surface area contributed by atoms with Crippen LogP contribution in [0.3, 0.4) is 0 Å². The molecule has 3 heterocycles. The number of hydrogen-bond donors (Lipinski definition) is 4. The Balaban J connectivity index is 1.59. The molecule has 10 nitrogen and oxygen atoms in total. The van der Waals surface area contributed by atoms with Crippen LogP contribution in [0, 0.1) is 5.82 Å². The van der Waals surface area contributed by atoms with E-state index in [4.69, 9.17) is 11.6 Å². The Morgan fingerprint density at radius 3 is 2.94 bits per heavy atom. The number of imidazole rings is 1. The summed E-state index contributed by atoms with van der Waals surface area (Å²) in [4.78, 5) is 29.6. The summed E-state index contributed by atoms with van der Waals surface area (Å²) in [6.07, 6.45) is 5.01. The van der Waals surface area contributed by atoms with Gasteiger partial charge in [0.1, 0.15) is 11.5 Å². The number of aromatic hydroxyl groups is 1. The summed E-state index contributed by atoms with van der Waals surface area (Å²) < 4.78 is 15.5. The molecule has 0 bridgehead atoms. The molecule has 4 N–H and O–H groups in total. The highest BCUT2D eigenvalue weighted by molar-refractivity contribution is 6.30. The fraction of sp³-hybridized carbons (Fsp3) is 0.211. The topological polar surface area (TPSA) is 136 Å². The maximum atomic E-state index is 14.0. The van der Waals surface area contributed by atoms with E-state index in [1.807, 2.05) is 0 Å². The van der Waals surface area contributed by atoms with Crippen molar-refractivity contribution in [1.29, 1.82) is 0 Å². The molecule has 0 radical (unpaired) electrons. The van der Waals surface area contributed by atoms with Gasteiger partial charge in [-0.2, -0.15) is 19.6 Å². The van der Waals surface area contributed by atoms with Gasteiger partial charge in [0.2, 0.25) is 11.8 Å². The zero-order chi connectivity index (χ0) is 21.5. The van der Waals surface area contributed by atoms with Crippen molar-refractivity contribution < 1.29 is 9.50 Å². The molecule has 5 rings (SSSR count). The van der Waals surface area contributed by atoms with E-state index in [1.165, 1.54) is 35.0 Å². The monoisotopic (exact) mass is 442 g/mol. The first kappa shape index (κ1) is 19.2. The molecule has 0 saturated heterocycles. The molecule has 0 aliphatic heterocycles. The zero-order valence-electron chi connectivity index (χ0n) is 15.9. The predicted octanol–water partition coefficient (Wildman–Crippen LogP) is 0.862. The number of H-pyrrole nitrogens is 2. The van der Waals surface area contributed by atoms with Crippen LogP contribution in [0.4, 0.5) is 10.3 Å². The fourth-order valence-corrected chi connectivity index (χ4v) is 3.21. The van der Waals surface area contributed by atoms with E-state index in [1.54, 1.807) is 0 Å². The maximum Gasteiger partial charge on any atom is 0.326 e. The minimum Gasteiger partial charge on any atom is -0.493 e. The summed E-state index contributed by atoms with van der Waals surface area (Å²) in [5.41, 5.74) is 0.782. The molecular weight excluding hydrogens is 427 g/mol. The molecule has 0 amide bonds. The molecule has 0 unspecified atom stereocenters. The van der Waals surface area contributed by atoms with E-state index >= 15 is 0 Å². The lowest BCUT2D eigenvalue weighted by Crippen LogP contribution is -2.24. The predicted molar refractivity (Wildman–Crippen MR) is 110 cm³/mol. The smallest absolute Gasteiger partial charge is 0.326 e. The van der Waals surface area contributed by atoms with Crippen molar-refractivity contribution in [2.24, 2.45) is 4.99 Å². The van der Waals surface area contributed by atoms with Gasteiger partial charge in [0.05, 0.1) is 12.2 Å². The average Bonchev–Trinajstić information content (AvgIpc) is 3.37. The molecule has 1 fully saturated rings. The third kappa shape index (κ3) is 3.99. The van der Waals surface area contributed by atoms with Crippen LogP contribution in [0.5, 0.6) is 5.88 Å². The first-order chi connectivity index (χ1) is 15.0. The van der Waals surface area contributed by atoms with Gasteiger partial charge in [0.15, 0.2) is 5.65 Å². The van der Waals surface area contributed by atoms with Gasteiger partial charge in [-0.3, -0.25) is 4.98 Å². The summed E-state index contributed by atoms with van der Waals surface area (Å²) >= 11 is 5.96. The Bertz CT molecular complexity index is 1470. The molecule has 12 heteroatoms. The number of hydrogen-bond acceptors (Lipinski definition) is 7.